The van der Waals surface area contributed by atoms with Gasteiger partial charge < -0.3 is 49.8 Å². The smallest absolute Gasteiger partial charge is 0.316 e. The molecule has 0 aliphatic heterocycles. The largest absolute Gasteiger partial charge is 0.504 e. The highest BCUT2D eigenvalue weighted by atomic mass is 16.6. The maximum Gasteiger partial charge on any atom is 0.316 e. The Morgan fingerprint density at radius 3 is 2.21 bits per heavy atom. The topological polar surface area (TPSA) is 187 Å². The third-order valence-corrected chi connectivity index (χ3v) is 7.29. The molecule has 0 amide bonds. The monoisotopic (exact) mass is 613 g/mol. The van der Waals surface area contributed by atoms with E-state index in [1.54, 1.807) is 39.8 Å². The summed E-state index contributed by atoms with van der Waals surface area (Å²) >= 11 is 0. The van der Waals surface area contributed by atoms with E-state index >= 15 is 0 Å². The van der Waals surface area contributed by atoms with Crippen molar-refractivity contribution in [2.75, 3.05) is 33.0 Å². The van der Waals surface area contributed by atoms with Crippen LogP contribution >= 0.6 is 0 Å². The summed E-state index contributed by atoms with van der Waals surface area (Å²) in [6.07, 6.45) is 3.07. The normalized spacial score (nSPS) is 18.2. The van der Waals surface area contributed by atoms with Crippen molar-refractivity contribution in [1.82, 2.24) is 0 Å². The van der Waals surface area contributed by atoms with Gasteiger partial charge in [-0.05, 0) is 71.6 Å². The SMILES string of the molecule is CC=CC(C)(OC(C)(CC)CCO)C(O)OCC(C)(COC(C)(N)CC)C(=O)OCCOC(=O)Cc1ccc(O)c(O)c1. The number of rotatable bonds is 20. The second-order valence-corrected chi connectivity index (χ2v) is 11.6. The molecule has 0 fully saturated rings. The standard InChI is InChI=1S/C31H51NO11/c1-8-13-30(6,43-29(5,9-2)14-15-33)27(38)41-20-28(4,21-42-31(7,32)10-3)26(37)40-17-16-39-25(36)19-22-11-12-23(34)24(35)18-22/h8,11-13,18,27,33-35,38H,9-10,14-17,19-21,32H2,1-7H3. The molecule has 246 valence electrons. The Labute approximate surface area is 254 Å². The number of aromatic hydroxyl groups is 2. The number of carbonyl (C=O) groups is 2. The molecule has 5 atom stereocenters. The Morgan fingerprint density at radius 1 is 1.00 bits per heavy atom. The number of hydrogen-bond acceptors (Lipinski definition) is 12. The van der Waals surface area contributed by atoms with Gasteiger partial charge in [0.05, 0.1) is 25.2 Å². The van der Waals surface area contributed by atoms with E-state index in [-0.39, 0.29) is 51.0 Å². The molecule has 1 aromatic rings. The van der Waals surface area contributed by atoms with Gasteiger partial charge in [-0.15, -0.1) is 0 Å². The van der Waals surface area contributed by atoms with Crippen molar-refractivity contribution < 1.29 is 53.7 Å². The van der Waals surface area contributed by atoms with Gasteiger partial charge >= 0.3 is 11.9 Å². The molecule has 0 saturated carbocycles. The van der Waals surface area contributed by atoms with Crippen molar-refractivity contribution in [3.05, 3.63) is 35.9 Å². The minimum absolute atomic E-state index is 0.0978. The van der Waals surface area contributed by atoms with E-state index in [0.717, 1.165) is 0 Å². The van der Waals surface area contributed by atoms with E-state index in [9.17, 15) is 30.0 Å². The van der Waals surface area contributed by atoms with Gasteiger partial charge in [-0.3, -0.25) is 9.59 Å². The van der Waals surface area contributed by atoms with Gasteiger partial charge in [-0.2, -0.15) is 0 Å². The highest BCUT2D eigenvalue weighted by molar-refractivity contribution is 5.77. The fourth-order valence-electron chi connectivity index (χ4n) is 3.94. The van der Waals surface area contributed by atoms with Gasteiger partial charge in [0.25, 0.3) is 0 Å². The number of aliphatic hydroxyl groups excluding tert-OH is 2. The summed E-state index contributed by atoms with van der Waals surface area (Å²) in [5.41, 5.74) is 2.06. The quantitative estimate of drug-likeness (QED) is 0.0476. The van der Waals surface area contributed by atoms with Crippen molar-refractivity contribution in [1.29, 1.82) is 0 Å². The Bertz CT molecular complexity index is 1060. The minimum atomic E-state index is -1.50. The lowest BCUT2D eigenvalue weighted by Crippen LogP contribution is -2.51. The number of aliphatic hydroxyl groups is 2. The molecular weight excluding hydrogens is 562 g/mol. The lowest BCUT2D eigenvalue weighted by molar-refractivity contribution is -0.255. The van der Waals surface area contributed by atoms with E-state index in [1.807, 2.05) is 20.8 Å². The second kappa shape index (κ2) is 16.9. The first-order chi connectivity index (χ1) is 20.0. The van der Waals surface area contributed by atoms with E-state index < -0.39 is 40.6 Å². The van der Waals surface area contributed by atoms with Crippen LogP contribution in [0.15, 0.2) is 30.4 Å². The van der Waals surface area contributed by atoms with E-state index in [4.69, 9.17) is 29.4 Å². The van der Waals surface area contributed by atoms with Crippen LogP contribution in [0, 0.1) is 5.41 Å². The predicted octanol–water partition coefficient (Wildman–Crippen LogP) is 3.07. The molecule has 0 aliphatic rings. The maximum absolute atomic E-state index is 13.3. The van der Waals surface area contributed by atoms with Crippen LogP contribution in [0.1, 0.15) is 73.3 Å². The fraction of sp³-hybridized carbons (Fsp3) is 0.677. The number of phenolic OH excluding ortho intramolecular Hbond substituents is 2. The molecule has 12 heteroatoms. The van der Waals surface area contributed by atoms with Crippen molar-refractivity contribution in [2.24, 2.45) is 11.1 Å². The van der Waals surface area contributed by atoms with Crippen molar-refractivity contribution in [3.63, 3.8) is 0 Å². The van der Waals surface area contributed by atoms with Crippen molar-refractivity contribution in [3.8, 4) is 11.5 Å². The zero-order valence-corrected chi connectivity index (χ0v) is 26.6. The first kappa shape index (κ1) is 38.3. The molecule has 0 bridgehead atoms. The third kappa shape index (κ3) is 12.4. The molecule has 0 aromatic heterocycles. The average molecular weight is 614 g/mol. The average Bonchev–Trinajstić information content (AvgIpc) is 2.95. The Balaban J connectivity index is 2.92. The van der Waals surface area contributed by atoms with Crippen LogP contribution in [0.5, 0.6) is 11.5 Å². The van der Waals surface area contributed by atoms with Gasteiger partial charge in [-0.1, -0.05) is 32.1 Å². The summed E-state index contributed by atoms with van der Waals surface area (Å²) in [7, 11) is 0. The van der Waals surface area contributed by atoms with E-state index in [2.05, 4.69) is 0 Å². The lowest BCUT2D eigenvalue weighted by atomic mass is 9.92. The molecule has 0 heterocycles. The summed E-state index contributed by atoms with van der Waals surface area (Å²) in [6.45, 7) is 11.1. The molecule has 5 unspecified atom stereocenters. The predicted molar refractivity (Wildman–Crippen MR) is 159 cm³/mol. The summed E-state index contributed by atoms with van der Waals surface area (Å²) in [6, 6.07) is 3.98. The maximum atomic E-state index is 13.3. The summed E-state index contributed by atoms with van der Waals surface area (Å²) < 4.78 is 28.4. The number of benzene rings is 1. The van der Waals surface area contributed by atoms with Crippen LogP contribution < -0.4 is 5.73 Å². The molecule has 6 N–H and O–H groups in total. The number of ether oxygens (including phenoxy) is 5. The Morgan fingerprint density at radius 2 is 1.65 bits per heavy atom. The highest BCUT2D eigenvalue weighted by Crippen LogP contribution is 2.32. The zero-order chi connectivity index (χ0) is 32.9. The molecule has 1 aromatic carbocycles. The number of carbonyl (C=O) groups excluding carboxylic acids is 2. The fourth-order valence-corrected chi connectivity index (χ4v) is 3.94. The Hall–Kier alpha value is -2.74. The molecule has 0 aliphatic carbocycles. The van der Waals surface area contributed by atoms with Crippen LogP contribution in [-0.4, -0.2) is 88.6 Å². The van der Waals surface area contributed by atoms with Crippen molar-refractivity contribution >= 4 is 11.9 Å². The molecular formula is C31H51NO11. The highest BCUT2D eigenvalue weighted by Gasteiger charge is 2.43. The van der Waals surface area contributed by atoms with Crippen LogP contribution in [0.2, 0.25) is 0 Å². The van der Waals surface area contributed by atoms with Gasteiger partial charge in [0.2, 0.25) is 0 Å². The molecule has 0 radical (unpaired) electrons. The lowest BCUT2D eigenvalue weighted by Gasteiger charge is -2.41. The summed E-state index contributed by atoms with van der Waals surface area (Å²) in [5.74, 6) is -2.00. The number of allylic oxidation sites excluding steroid dienone is 1. The molecule has 0 spiro atoms. The van der Waals surface area contributed by atoms with Gasteiger partial charge in [0, 0.05) is 6.61 Å². The van der Waals surface area contributed by atoms with Gasteiger partial charge in [-0.25, -0.2) is 0 Å². The Kier molecular flexibility index (Phi) is 15.1. The second-order valence-electron chi connectivity index (χ2n) is 11.6. The first-order valence-electron chi connectivity index (χ1n) is 14.5. The van der Waals surface area contributed by atoms with Gasteiger partial charge in [0.1, 0.15) is 30.0 Å². The number of esters is 2. The van der Waals surface area contributed by atoms with Crippen LogP contribution in [0.4, 0.5) is 0 Å². The van der Waals surface area contributed by atoms with Crippen LogP contribution in [0.3, 0.4) is 0 Å². The van der Waals surface area contributed by atoms with Crippen LogP contribution in [-0.2, 0) is 39.7 Å². The summed E-state index contributed by atoms with van der Waals surface area (Å²) in [4.78, 5) is 25.4. The number of nitrogens with two attached hydrogens (primary N) is 1. The molecule has 43 heavy (non-hydrogen) atoms. The molecule has 1 rings (SSSR count). The van der Waals surface area contributed by atoms with E-state index in [0.29, 0.717) is 24.8 Å². The zero-order valence-electron chi connectivity index (χ0n) is 26.6. The third-order valence-electron chi connectivity index (χ3n) is 7.29. The van der Waals surface area contributed by atoms with E-state index in [1.165, 1.54) is 18.2 Å². The first-order valence-corrected chi connectivity index (χ1v) is 14.5. The number of phenols is 2. The van der Waals surface area contributed by atoms with Gasteiger partial charge in [0.15, 0.2) is 17.8 Å². The molecule has 12 nitrogen and oxygen atoms in total. The minimum Gasteiger partial charge on any atom is -0.504 e. The number of hydrogen-bond donors (Lipinski definition) is 5. The van der Waals surface area contributed by atoms with Crippen molar-refractivity contribution in [2.45, 2.75) is 97.4 Å². The van der Waals surface area contributed by atoms with Crippen LogP contribution in [0.25, 0.3) is 0 Å². The molecule has 0 saturated heterocycles. The summed E-state index contributed by atoms with van der Waals surface area (Å²) in [5, 5.41) is 39.6.